The first kappa shape index (κ1) is 22.7. The second-order valence-corrected chi connectivity index (χ2v) is 9.37. The standard InChI is InChI=1S/C21H23N3O5S2/c1-13(2)24-31(26,27)19-11-14(9-10-18(19)29-4)20(25)23-21-22-16(12-30-21)15-7-5-6-8-17(15)28-3/h5-13,24H,1-4H3,(H,22,23,25). The highest BCUT2D eigenvalue weighted by Crippen LogP contribution is 2.32. The van der Waals surface area contributed by atoms with Crippen LogP contribution in [0.5, 0.6) is 11.5 Å². The minimum absolute atomic E-state index is 0.106. The number of methoxy groups -OCH3 is 2. The molecule has 2 N–H and O–H groups in total. The number of anilines is 1. The van der Waals surface area contributed by atoms with Crippen LogP contribution in [0.3, 0.4) is 0 Å². The molecule has 164 valence electrons. The molecule has 0 spiro atoms. The predicted molar refractivity (Wildman–Crippen MR) is 121 cm³/mol. The Morgan fingerprint density at radius 2 is 1.77 bits per heavy atom. The molecule has 0 saturated heterocycles. The second-order valence-electron chi connectivity index (χ2n) is 6.83. The number of ether oxygens (including phenoxy) is 2. The second kappa shape index (κ2) is 9.46. The van der Waals surface area contributed by atoms with E-state index in [2.05, 4.69) is 15.0 Å². The molecule has 0 bridgehead atoms. The van der Waals surface area contributed by atoms with Crippen molar-refractivity contribution in [1.82, 2.24) is 9.71 Å². The third kappa shape index (κ3) is 5.22. The highest BCUT2D eigenvalue weighted by Gasteiger charge is 2.23. The van der Waals surface area contributed by atoms with Gasteiger partial charge in [-0.25, -0.2) is 18.1 Å². The topological polar surface area (TPSA) is 107 Å². The highest BCUT2D eigenvalue weighted by molar-refractivity contribution is 7.89. The van der Waals surface area contributed by atoms with Crippen LogP contribution in [0.2, 0.25) is 0 Å². The van der Waals surface area contributed by atoms with Crippen LogP contribution in [-0.2, 0) is 10.0 Å². The van der Waals surface area contributed by atoms with Crippen LogP contribution >= 0.6 is 11.3 Å². The van der Waals surface area contributed by atoms with E-state index in [1.54, 1.807) is 21.0 Å². The lowest BCUT2D eigenvalue weighted by atomic mass is 10.1. The Balaban J connectivity index is 1.86. The Labute approximate surface area is 185 Å². The molecule has 0 unspecified atom stereocenters. The van der Waals surface area contributed by atoms with Gasteiger partial charge in [-0.05, 0) is 44.2 Å². The first-order chi connectivity index (χ1) is 14.7. The van der Waals surface area contributed by atoms with Crippen molar-refractivity contribution in [3.8, 4) is 22.8 Å². The zero-order valence-corrected chi connectivity index (χ0v) is 19.1. The van der Waals surface area contributed by atoms with Gasteiger partial charge in [0.2, 0.25) is 10.0 Å². The SMILES string of the molecule is COc1ccccc1-c1csc(NC(=O)c2ccc(OC)c(S(=O)(=O)NC(C)C)c2)n1. The summed E-state index contributed by atoms with van der Waals surface area (Å²) in [6.45, 7) is 3.42. The Kier molecular flexibility index (Phi) is 6.94. The zero-order valence-electron chi connectivity index (χ0n) is 17.5. The Morgan fingerprint density at radius 1 is 1.06 bits per heavy atom. The minimum atomic E-state index is -3.85. The van der Waals surface area contributed by atoms with Crippen LogP contribution in [0.15, 0.2) is 52.7 Å². The number of thiazole rings is 1. The van der Waals surface area contributed by atoms with E-state index in [9.17, 15) is 13.2 Å². The number of carbonyl (C=O) groups excluding carboxylic acids is 1. The third-order valence-electron chi connectivity index (χ3n) is 4.21. The summed E-state index contributed by atoms with van der Waals surface area (Å²) in [5.41, 5.74) is 1.63. The molecule has 8 nitrogen and oxygen atoms in total. The van der Waals surface area contributed by atoms with Crippen LogP contribution in [0.4, 0.5) is 5.13 Å². The first-order valence-electron chi connectivity index (χ1n) is 9.35. The number of benzene rings is 2. The minimum Gasteiger partial charge on any atom is -0.496 e. The summed E-state index contributed by atoms with van der Waals surface area (Å²) in [4.78, 5) is 17.1. The van der Waals surface area contributed by atoms with Gasteiger partial charge in [0, 0.05) is 22.5 Å². The molecule has 10 heteroatoms. The van der Waals surface area contributed by atoms with Crippen LogP contribution in [0, 0.1) is 0 Å². The molecule has 2 aromatic carbocycles. The Morgan fingerprint density at radius 3 is 2.45 bits per heavy atom. The Bertz CT molecular complexity index is 1190. The van der Waals surface area contributed by atoms with Gasteiger partial charge in [0.05, 0.1) is 19.9 Å². The predicted octanol–water partition coefficient (Wildman–Crippen LogP) is 3.77. The molecule has 0 radical (unpaired) electrons. The molecule has 3 rings (SSSR count). The largest absolute Gasteiger partial charge is 0.496 e. The molecule has 0 saturated carbocycles. The van der Waals surface area contributed by atoms with Crippen molar-refractivity contribution >= 4 is 32.4 Å². The number of hydrogen-bond donors (Lipinski definition) is 2. The van der Waals surface area contributed by atoms with Crippen molar-refractivity contribution in [2.75, 3.05) is 19.5 Å². The van der Waals surface area contributed by atoms with Crippen molar-refractivity contribution in [1.29, 1.82) is 0 Å². The van der Waals surface area contributed by atoms with Gasteiger partial charge in [0.15, 0.2) is 5.13 Å². The van der Waals surface area contributed by atoms with E-state index in [1.165, 1.54) is 36.6 Å². The van der Waals surface area contributed by atoms with E-state index >= 15 is 0 Å². The fraction of sp³-hybridized carbons (Fsp3) is 0.238. The number of nitrogens with zero attached hydrogens (tertiary/aromatic N) is 1. The van der Waals surface area contributed by atoms with E-state index in [-0.39, 0.29) is 22.3 Å². The van der Waals surface area contributed by atoms with E-state index in [4.69, 9.17) is 9.47 Å². The number of sulfonamides is 1. The fourth-order valence-electron chi connectivity index (χ4n) is 2.88. The molecule has 0 aliphatic carbocycles. The Hall–Kier alpha value is -2.95. The van der Waals surface area contributed by atoms with Crippen LogP contribution < -0.4 is 19.5 Å². The van der Waals surface area contributed by atoms with Gasteiger partial charge in [-0.2, -0.15) is 0 Å². The number of para-hydroxylation sites is 1. The normalized spacial score (nSPS) is 11.4. The quantitative estimate of drug-likeness (QED) is 0.529. The molecule has 1 heterocycles. The molecule has 1 aromatic heterocycles. The maximum absolute atomic E-state index is 12.8. The number of rotatable bonds is 8. The van der Waals surface area contributed by atoms with Gasteiger partial charge in [-0.15, -0.1) is 11.3 Å². The van der Waals surface area contributed by atoms with Gasteiger partial charge in [0.1, 0.15) is 16.4 Å². The van der Waals surface area contributed by atoms with Crippen LogP contribution in [0.1, 0.15) is 24.2 Å². The number of amides is 1. The fourth-order valence-corrected chi connectivity index (χ4v) is 5.03. The lowest BCUT2D eigenvalue weighted by Crippen LogP contribution is -2.30. The molecule has 0 atom stereocenters. The average Bonchev–Trinajstić information content (AvgIpc) is 3.20. The van der Waals surface area contributed by atoms with E-state index < -0.39 is 15.9 Å². The molecule has 0 fully saturated rings. The molecule has 0 aliphatic heterocycles. The summed E-state index contributed by atoms with van der Waals surface area (Å²) in [5.74, 6) is 0.343. The summed E-state index contributed by atoms with van der Waals surface area (Å²) in [5, 5.41) is 4.90. The van der Waals surface area contributed by atoms with Crippen molar-refractivity contribution in [2.24, 2.45) is 0 Å². The molecule has 3 aromatic rings. The summed E-state index contributed by atoms with van der Waals surface area (Å²) in [7, 11) is -0.899. The monoisotopic (exact) mass is 461 g/mol. The lowest BCUT2D eigenvalue weighted by Gasteiger charge is -2.14. The summed E-state index contributed by atoms with van der Waals surface area (Å²) >= 11 is 1.26. The average molecular weight is 462 g/mol. The number of hydrogen-bond acceptors (Lipinski definition) is 7. The number of aromatic nitrogens is 1. The number of carbonyl (C=O) groups is 1. The molecule has 0 aliphatic rings. The third-order valence-corrected chi connectivity index (χ3v) is 6.65. The molecule has 31 heavy (non-hydrogen) atoms. The highest BCUT2D eigenvalue weighted by atomic mass is 32.2. The van der Waals surface area contributed by atoms with Crippen LogP contribution in [-0.4, -0.2) is 39.6 Å². The maximum Gasteiger partial charge on any atom is 0.257 e. The summed E-state index contributed by atoms with van der Waals surface area (Å²) in [6.07, 6.45) is 0. The zero-order chi connectivity index (χ0) is 22.6. The van der Waals surface area contributed by atoms with Crippen molar-refractivity contribution in [2.45, 2.75) is 24.8 Å². The first-order valence-corrected chi connectivity index (χ1v) is 11.7. The van der Waals surface area contributed by atoms with E-state index in [0.717, 1.165) is 5.56 Å². The number of nitrogens with one attached hydrogen (secondary N) is 2. The van der Waals surface area contributed by atoms with E-state index in [1.807, 2.05) is 29.6 Å². The van der Waals surface area contributed by atoms with Gasteiger partial charge in [-0.1, -0.05) is 12.1 Å². The van der Waals surface area contributed by atoms with Crippen molar-refractivity contribution in [3.05, 3.63) is 53.4 Å². The molecular formula is C21H23N3O5S2. The summed E-state index contributed by atoms with van der Waals surface area (Å²) < 4.78 is 38.3. The van der Waals surface area contributed by atoms with Gasteiger partial charge >= 0.3 is 0 Å². The lowest BCUT2D eigenvalue weighted by molar-refractivity contribution is 0.102. The summed E-state index contributed by atoms with van der Waals surface area (Å²) in [6, 6.07) is 11.4. The van der Waals surface area contributed by atoms with Gasteiger partial charge in [-0.3, -0.25) is 10.1 Å². The van der Waals surface area contributed by atoms with Crippen molar-refractivity contribution in [3.63, 3.8) is 0 Å². The molecular weight excluding hydrogens is 438 g/mol. The van der Waals surface area contributed by atoms with Crippen molar-refractivity contribution < 1.29 is 22.7 Å². The van der Waals surface area contributed by atoms with E-state index in [0.29, 0.717) is 16.6 Å². The molecule has 1 amide bonds. The maximum atomic E-state index is 12.8. The van der Waals surface area contributed by atoms with Crippen LogP contribution in [0.25, 0.3) is 11.3 Å². The smallest absolute Gasteiger partial charge is 0.257 e. The van der Waals surface area contributed by atoms with Gasteiger partial charge < -0.3 is 9.47 Å². The van der Waals surface area contributed by atoms with Gasteiger partial charge in [0.25, 0.3) is 5.91 Å².